The van der Waals surface area contributed by atoms with Crippen LogP contribution in [0, 0.1) is 39.0 Å². The molecule has 0 bridgehead atoms. The highest BCUT2D eigenvalue weighted by atomic mass is 16.6. The van der Waals surface area contributed by atoms with Gasteiger partial charge in [0.05, 0.1) is 6.07 Å². The fraction of sp³-hybridized carbons (Fsp3) is 0.407. The van der Waals surface area contributed by atoms with Gasteiger partial charge in [-0.25, -0.2) is 4.79 Å². The largest absolute Gasteiger partial charge is 0.444 e. The summed E-state index contributed by atoms with van der Waals surface area (Å²) in [6.45, 7) is 12.0. The summed E-state index contributed by atoms with van der Waals surface area (Å²) in [4.78, 5) is 40.1. The predicted molar refractivity (Wildman–Crippen MR) is 135 cm³/mol. The number of nitrogens with one attached hydrogen (secondary N) is 2. The van der Waals surface area contributed by atoms with Crippen LogP contribution in [0.1, 0.15) is 54.6 Å². The number of para-hydroxylation sites is 1. The van der Waals surface area contributed by atoms with E-state index in [2.05, 4.69) is 10.6 Å². The number of alkyl carbamates (subject to hydrolysis) is 1. The molecule has 3 amide bonds. The molecule has 8 heteroatoms. The number of benzene rings is 2. The van der Waals surface area contributed by atoms with Crippen molar-refractivity contribution < 1.29 is 19.1 Å². The number of rotatable bonds is 7. The monoisotopic (exact) mass is 478 g/mol. The molecule has 0 heterocycles. The summed E-state index contributed by atoms with van der Waals surface area (Å²) in [6.07, 6.45) is -0.759. The second-order valence-electron chi connectivity index (χ2n) is 9.54. The molecule has 2 rings (SSSR count). The number of anilines is 1. The Morgan fingerprint density at radius 2 is 1.63 bits per heavy atom. The Hall–Kier alpha value is -3.86. The standard InChI is InChI=1S/C27H34N4O4/c1-17-11-12-21(15-20(17)4)24(25(33)30-23-18(2)9-8-10-19(23)3)31(14-13-28)22(32)16-29-26(34)35-27(5,6)7/h8-12,15,24H,14,16H2,1-7H3,(H,29,34)(H,30,33). The van der Waals surface area contributed by atoms with Gasteiger partial charge < -0.3 is 20.3 Å². The number of hydrogen-bond acceptors (Lipinski definition) is 5. The average Bonchev–Trinajstić information content (AvgIpc) is 2.75. The van der Waals surface area contributed by atoms with Crippen molar-refractivity contribution in [1.29, 1.82) is 5.26 Å². The van der Waals surface area contributed by atoms with Crippen LogP contribution in [-0.4, -0.2) is 41.5 Å². The number of carbonyl (C=O) groups excluding carboxylic acids is 3. The van der Waals surface area contributed by atoms with Gasteiger partial charge in [0.15, 0.2) is 0 Å². The Morgan fingerprint density at radius 3 is 2.17 bits per heavy atom. The molecule has 8 nitrogen and oxygen atoms in total. The van der Waals surface area contributed by atoms with Crippen LogP contribution >= 0.6 is 0 Å². The molecule has 0 saturated heterocycles. The van der Waals surface area contributed by atoms with Crippen LogP contribution in [0.2, 0.25) is 0 Å². The van der Waals surface area contributed by atoms with Gasteiger partial charge in [-0.1, -0.05) is 36.4 Å². The number of carbonyl (C=O) groups is 3. The quantitative estimate of drug-likeness (QED) is 0.570. The third-order valence-electron chi connectivity index (χ3n) is 5.48. The zero-order valence-electron chi connectivity index (χ0n) is 21.5. The number of aryl methyl sites for hydroxylation is 4. The summed E-state index contributed by atoms with van der Waals surface area (Å²) in [5, 5.41) is 14.8. The number of hydrogen-bond donors (Lipinski definition) is 2. The minimum Gasteiger partial charge on any atom is -0.444 e. The second kappa shape index (κ2) is 11.5. The fourth-order valence-corrected chi connectivity index (χ4v) is 3.57. The number of amides is 3. The van der Waals surface area contributed by atoms with E-state index in [0.717, 1.165) is 22.3 Å². The summed E-state index contributed by atoms with van der Waals surface area (Å²) >= 11 is 0. The van der Waals surface area contributed by atoms with Crippen LogP contribution in [0.3, 0.4) is 0 Å². The van der Waals surface area contributed by atoms with Crippen LogP contribution in [0.25, 0.3) is 0 Å². The minimum atomic E-state index is -1.08. The van der Waals surface area contributed by atoms with Crippen molar-refractivity contribution in [2.45, 2.75) is 60.1 Å². The molecular weight excluding hydrogens is 444 g/mol. The van der Waals surface area contributed by atoms with E-state index < -0.39 is 36.1 Å². The molecule has 2 aromatic carbocycles. The van der Waals surface area contributed by atoms with E-state index in [9.17, 15) is 19.6 Å². The molecule has 0 fully saturated rings. The van der Waals surface area contributed by atoms with Gasteiger partial charge in [0.1, 0.15) is 24.7 Å². The lowest BCUT2D eigenvalue weighted by molar-refractivity contribution is -0.137. The normalized spacial score (nSPS) is 11.7. The van der Waals surface area contributed by atoms with Gasteiger partial charge in [-0.15, -0.1) is 0 Å². The van der Waals surface area contributed by atoms with E-state index >= 15 is 0 Å². The molecule has 186 valence electrons. The molecule has 35 heavy (non-hydrogen) atoms. The summed E-state index contributed by atoms with van der Waals surface area (Å²) in [7, 11) is 0. The van der Waals surface area contributed by atoms with Gasteiger partial charge in [-0.3, -0.25) is 9.59 Å². The first kappa shape index (κ1) is 27.4. The van der Waals surface area contributed by atoms with Gasteiger partial charge >= 0.3 is 6.09 Å². The van der Waals surface area contributed by atoms with Crippen molar-refractivity contribution in [3.63, 3.8) is 0 Å². The van der Waals surface area contributed by atoms with Crippen LogP contribution < -0.4 is 10.6 Å². The first-order valence-electron chi connectivity index (χ1n) is 11.4. The highest BCUT2D eigenvalue weighted by Gasteiger charge is 2.32. The Kier molecular flexibility index (Phi) is 9.01. The van der Waals surface area contributed by atoms with E-state index in [1.807, 2.05) is 64.1 Å². The first-order valence-corrected chi connectivity index (χ1v) is 11.4. The SMILES string of the molecule is Cc1ccc(C(C(=O)Nc2c(C)cccc2C)N(CC#N)C(=O)CNC(=O)OC(C)(C)C)cc1C. The zero-order chi connectivity index (χ0) is 26.3. The third kappa shape index (κ3) is 7.57. The van der Waals surface area contributed by atoms with Crippen LogP contribution in [0.15, 0.2) is 36.4 Å². The predicted octanol–water partition coefficient (Wildman–Crippen LogP) is 4.48. The molecule has 0 aliphatic carbocycles. The fourth-order valence-electron chi connectivity index (χ4n) is 3.57. The van der Waals surface area contributed by atoms with Gasteiger partial charge in [0.2, 0.25) is 5.91 Å². The van der Waals surface area contributed by atoms with Crippen LogP contribution in [-0.2, 0) is 14.3 Å². The van der Waals surface area contributed by atoms with Gasteiger partial charge in [-0.05, 0) is 76.3 Å². The lowest BCUT2D eigenvalue weighted by Crippen LogP contribution is -2.46. The maximum Gasteiger partial charge on any atom is 0.408 e. The Labute approximate surface area is 207 Å². The van der Waals surface area contributed by atoms with E-state index in [4.69, 9.17) is 4.74 Å². The Bertz CT molecular complexity index is 1120. The van der Waals surface area contributed by atoms with Crippen molar-refractivity contribution in [3.8, 4) is 6.07 Å². The smallest absolute Gasteiger partial charge is 0.408 e. The Balaban J connectivity index is 2.42. The van der Waals surface area contributed by atoms with E-state index in [1.54, 1.807) is 26.8 Å². The van der Waals surface area contributed by atoms with Crippen molar-refractivity contribution in [3.05, 3.63) is 64.2 Å². The lowest BCUT2D eigenvalue weighted by atomic mass is 9.98. The Morgan fingerprint density at radius 1 is 1.00 bits per heavy atom. The maximum atomic E-state index is 13.6. The number of nitriles is 1. The van der Waals surface area contributed by atoms with Crippen molar-refractivity contribution in [2.75, 3.05) is 18.4 Å². The second-order valence-corrected chi connectivity index (χ2v) is 9.54. The molecular formula is C27H34N4O4. The lowest BCUT2D eigenvalue weighted by Gasteiger charge is -2.30. The molecule has 0 radical (unpaired) electrons. The third-order valence-corrected chi connectivity index (χ3v) is 5.48. The van der Waals surface area contributed by atoms with Gasteiger partial charge in [-0.2, -0.15) is 5.26 Å². The van der Waals surface area contributed by atoms with E-state index in [0.29, 0.717) is 11.3 Å². The summed E-state index contributed by atoms with van der Waals surface area (Å²) in [5.41, 5.74) is 4.23. The molecule has 0 aliphatic rings. The van der Waals surface area contributed by atoms with Crippen LogP contribution in [0.5, 0.6) is 0 Å². The number of ether oxygens (including phenoxy) is 1. The highest BCUT2D eigenvalue weighted by Crippen LogP contribution is 2.27. The molecule has 0 saturated carbocycles. The zero-order valence-corrected chi connectivity index (χ0v) is 21.5. The highest BCUT2D eigenvalue weighted by molar-refractivity contribution is 5.99. The molecule has 0 spiro atoms. The van der Waals surface area contributed by atoms with Crippen molar-refractivity contribution in [1.82, 2.24) is 10.2 Å². The molecule has 1 atom stereocenters. The van der Waals surface area contributed by atoms with Gasteiger partial charge in [0, 0.05) is 5.69 Å². The van der Waals surface area contributed by atoms with Crippen LogP contribution in [0.4, 0.5) is 10.5 Å². The first-order chi connectivity index (χ1) is 16.3. The molecule has 0 aliphatic heterocycles. The van der Waals surface area contributed by atoms with Crippen molar-refractivity contribution in [2.24, 2.45) is 0 Å². The molecule has 0 aromatic heterocycles. The van der Waals surface area contributed by atoms with Gasteiger partial charge in [0.25, 0.3) is 5.91 Å². The summed E-state index contributed by atoms with van der Waals surface area (Å²) in [6, 6.07) is 12.0. The molecule has 1 unspecified atom stereocenters. The van der Waals surface area contributed by atoms with E-state index in [-0.39, 0.29) is 6.54 Å². The topological polar surface area (TPSA) is 112 Å². The summed E-state index contributed by atoms with van der Waals surface area (Å²) < 4.78 is 5.19. The average molecular weight is 479 g/mol. The summed E-state index contributed by atoms with van der Waals surface area (Å²) in [5.74, 6) is -1.04. The number of nitrogens with zero attached hydrogens (tertiary/aromatic N) is 2. The van der Waals surface area contributed by atoms with E-state index in [1.165, 1.54) is 4.90 Å². The van der Waals surface area contributed by atoms with Crippen molar-refractivity contribution >= 4 is 23.6 Å². The molecule has 2 N–H and O–H groups in total. The maximum absolute atomic E-state index is 13.6. The minimum absolute atomic E-state index is 0.341. The molecule has 2 aromatic rings.